The SMILES string of the molecule is N#Cc1cccc(-c2csc(C3CCCO3)n2)c1. The van der Waals surface area contributed by atoms with Crippen LogP contribution >= 0.6 is 11.3 Å². The van der Waals surface area contributed by atoms with Crippen molar-refractivity contribution < 1.29 is 4.74 Å². The summed E-state index contributed by atoms with van der Waals surface area (Å²) in [6, 6.07) is 9.69. The van der Waals surface area contributed by atoms with Crippen molar-refractivity contribution in [3.63, 3.8) is 0 Å². The second-order valence-electron chi connectivity index (χ2n) is 4.27. The molecule has 1 aliphatic rings. The maximum atomic E-state index is 8.90. The maximum Gasteiger partial charge on any atom is 0.122 e. The van der Waals surface area contributed by atoms with Crippen molar-refractivity contribution in [2.24, 2.45) is 0 Å². The molecule has 2 aromatic rings. The summed E-state index contributed by atoms with van der Waals surface area (Å²) >= 11 is 1.64. The number of hydrogen-bond acceptors (Lipinski definition) is 4. The van der Waals surface area contributed by atoms with Crippen LogP contribution in [0.5, 0.6) is 0 Å². The van der Waals surface area contributed by atoms with Crippen LogP contribution in [0.1, 0.15) is 29.5 Å². The molecular weight excluding hydrogens is 244 g/mol. The predicted octanol–water partition coefficient (Wildman–Crippen LogP) is 3.53. The van der Waals surface area contributed by atoms with E-state index < -0.39 is 0 Å². The summed E-state index contributed by atoms with van der Waals surface area (Å²) in [6.45, 7) is 0.837. The first-order valence-electron chi connectivity index (χ1n) is 5.94. The molecule has 1 atom stereocenters. The van der Waals surface area contributed by atoms with Crippen molar-refractivity contribution >= 4 is 11.3 Å². The van der Waals surface area contributed by atoms with Gasteiger partial charge in [-0.2, -0.15) is 5.26 Å². The number of thiazole rings is 1. The topological polar surface area (TPSA) is 45.9 Å². The fourth-order valence-electron chi connectivity index (χ4n) is 2.09. The minimum Gasteiger partial charge on any atom is -0.371 e. The van der Waals surface area contributed by atoms with Gasteiger partial charge < -0.3 is 4.74 Å². The lowest BCUT2D eigenvalue weighted by atomic mass is 10.1. The highest BCUT2D eigenvalue weighted by Crippen LogP contribution is 2.33. The van der Waals surface area contributed by atoms with Gasteiger partial charge in [-0.3, -0.25) is 0 Å². The van der Waals surface area contributed by atoms with Crippen LogP contribution in [0.25, 0.3) is 11.3 Å². The van der Waals surface area contributed by atoms with Crippen molar-refractivity contribution in [1.82, 2.24) is 4.98 Å². The maximum absolute atomic E-state index is 8.90. The van der Waals surface area contributed by atoms with Gasteiger partial charge in [-0.15, -0.1) is 11.3 Å². The van der Waals surface area contributed by atoms with Crippen LogP contribution in [-0.4, -0.2) is 11.6 Å². The van der Waals surface area contributed by atoms with Crippen LogP contribution in [0, 0.1) is 11.3 Å². The second kappa shape index (κ2) is 4.89. The van der Waals surface area contributed by atoms with Gasteiger partial charge in [0.25, 0.3) is 0 Å². The molecule has 2 heterocycles. The van der Waals surface area contributed by atoms with Crippen molar-refractivity contribution in [3.05, 3.63) is 40.2 Å². The molecule has 0 saturated carbocycles. The molecule has 0 amide bonds. The highest BCUT2D eigenvalue weighted by atomic mass is 32.1. The van der Waals surface area contributed by atoms with Crippen molar-refractivity contribution in [3.8, 4) is 17.3 Å². The summed E-state index contributed by atoms with van der Waals surface area (Å²) in [5.41, 5.74) is 2.59. The molecule has 1 unspecified atom stereocenters. The van der Waals surface area contributed by atoms with Crippen LogP contribution in [0.2, 0.25) is 0 Å². The Hall–Kier alpha value is -1.70. The van der Waals surface area contributed by atoms with Crippen LogP contribution in [0.4, 0.5) is 0 Å². The molecule has 0 radical (unpaired) electrons. The predicted molar refractivity (Wildman–Crippen MR) is 70.2 cm³/mol. The molecular formula is C14H12N2OS. The van der Waals surface area contributed by atoms with Gasteiger partial charge in [-0.05, 0) is 25.0 Å². The highest BCUT2D eigenvalue weighted by Gasteiger charge is 2.21. The van der Waals surface area contributed by atoms with E-state index in [1.165, 1.54) is 0 Å². The van der Waals surface area contributed by atoms with E-state index in [1.54, 1.807) is 17.4 Å². The van der Waals surface area contributed by atoms with Gasteiger partial charge in [0.2, 0.25) is 0 Å². The van der Waals surface area contributed by atoms with Crippen molar-refractivity contribution in [1.29, 1.82) is 5.26 Å². The van der Waals surface area contributed by atoms with Crippen LogP contribution in [0.15, 0.2) is 29.6 Å². The van der Waals surface area contributed by atoms with Crippen LogP contribution in [0.3, 0.4) is 0 Å². The van der Waals surface area contributed by atoms with Crippen LogP contribution < -0.4 is 0 Å². The van der Waals surface area contributed by atoms with E-state index in [0.29, 0.717) is 5.56 Å². The Labute approximate surface area is 110 Å². The smallest absolute Gasteiger partial charge is 0.122 e. The Balaban J connectivity index is 1.90. The molecule has 1 fully saturated rings. The Morgan fingerprint density at radius 2 is 2.39 bits per heavy atom. The van der Waals surface area contributed by atoms with E-state index in [9.17, 15) is 0 Å². The Morgan fingerprint density at radius 1 is 1.44 bits per heavy atom. The lowest BCUT2D eigenvalue weighted by Gasteiger charge is -2.03. The average Bonchev–Trinajstić information content (AvgIpc) is 3.09. The number of rotatable bonds is 2. The minimum atomic E-state index is 0.169. The monoisotopic (exact) mass is 256 g/mol. The molecule has 1 aromatic carbocycles. The second-order valence-corrected chi connectivity index (χ2v) is 5.15. The molecule has 0 bridgehead atoms. The standard InChI is InChI=1S/C14H12N2OS/c15-8-10-3-1-4-11(7-10)12-9-18-14(16-12)13-5-2-6-17-13/h1,3-4,7,9,13H,2,5-6H2. The largest absolute Gasteiger partial charge is 0.371 e. The summed E-state index contributed by atoms with van der Waals surface area (Å²) in [4.78, 5) is 4.62. The third-order valence-corrected chi connectivity index (χ3v) is 3.95. The molecule has 1 aliphatic heterocycles. The summed E-state index contributed by atoms with van der Waals surface area (Å²) < 4.78 is 5.63. The quantitative estimate of drug-likeness (QED) is 0.825. The number of hydrogen-bond donors (Lipinski definition) is 0. The van der Waals surface area contributed by atoms with Crippen molar-refractivity contribution in [2.45, 2.75) is 18.9 Å². The Bertz CT molecular complexity index is 594. The van der Waals surface area contributed by atoms with E-state index in [1.807, 2.05) is 23.6 Å². The van der Waals surface area contributed by atoms with Gasteiger partial charge in [0.05, 0.1) is 17.3 Å². The Morgan fingerprint density at radius 3 is 3.17 bits per heavy atom. The first kappa shape index (κ1) is 11.4. The lowest BCUT2D eigenvalue weighted by molar-refractivity contribution is 0.112. The molecule has 90 valence electrons. The number of ether oxygens (including phenoxy) is 1. The fraction of sp³-hybridized carbons (Fsp3) is 0.286. The number of aromatic nitrogens is 1. The molecule has 3 nitrogen and oxygen atoms in total. The molecule has 1 saturated heterocycles. The molecule has 0 aliphatic carbocycles. The van der Waals surface area contributed by atoms with Crippen molar-refractivity contribution in [2.75, 3.05) is 6.61 Å². The molecule has 1 aromatic heterocycles. The van der Waals surface area contributed by atoms with Gasteiger partial charge in [0.1, 0.15) is 11.1 Å². The summed E-state index contributed by atoms with van der Waals surface area (Å²) in [6.07, 6.45) is 2.34. The summed E-state index contributed by atoms with van der Waals surface area (Å²) in [5, 5.41) is 12.0. The molecule has 3 rings (SSSR count). The van der Waals surface area contributed by atoms with E-state index in [0.717, 1.165) is 35.7 Å². The van der Waals surface area contributed by atoms with Gasteiger partial charge in [-0.25, -0.2) is 4.98 Å². The lowest BCUT2D eigenvalue weighted by Crippen LogP contribution is -1.94. The minimum absolute atomic E-state index is 0.169. The van der Waals surface area contributed by atoms with Gasteiger partial charge >= 0.3 is 0 Å². The molecule has 0 spiro atoms. The zero-order valence-corrected chi connectivity index (χ0v) is 10.6. The molecule has 0 N–H and O–H groups in total. The Kier molecular flexibility index (Phi) is 3.09. The third-order valence-electron chi connectivity index (χ3n) is 3.01. The summed E-state index contributed by atoms with van der Waals surface area (Å²) in [5.74, 6) is 0. The van der Waals surface area contributed by atoms with Gasteiger partial charge in [-0.1, -0.05) is 12.1 Å². The van der Waals surface area contributed by atoms with E-state index in [-0.39, 0.29) is 6.10 Å². The van der Waals surface area contributed by atoms with Gasteiger partial charge in [0, 0.05) is 17.6 Å². The third kappa shape index (κ3) is 2.15. The fourth-order valence-corrected chi connectivity index (χ4v) is 3.00. The summed E-state index contributed by atoms with van der Waals surface area (Å²) in [7, 11) is 0. The van der Waals surface area contributed by atoms with E-state index >= 15 is 0 Å². The van der Waals surface area contributed by atoms with E-state index in [4.69, 9.17) is 10.00 Å². The highest BCUT2D eigenvalue weighted by molar-refractivity contribution is 7.10. The zero-order valence-electron chi connectivity index (χ0n) is 9.80. The first-order valence-corrected chi connectivity index (χ1v) is 6.82. The number of benzene rings is 1. The number of nitrogens with zero attached hydrogens (tertiary/aromatic N) is 2. The van der Waals surface area contributed by atoms with Crippen LogP contribution in [-0.2, 0) is 4.74 Å². The zero-order chi connectivity index (χ0) is 12.4. The van der Waals surface area contributed by atoms with Gasteiger partial charge in [0.15, 0.2) is 0 Å². The average molecular weight is 256 g/mol. The van der Waals surface area contributed by atoms with E-state index in [2.05, 4.69) is 11.1 Å². The normalized spacial score (nSPS) is 18.7. The first-order chi connectivity index (χ1) is 8.86. The number of nitriles is 1. The molecule has 4 heteroatoms. The molecule has 18 heavy (non-hydrogen) atoms.